The lowest BCUT2D eigenvalue weighted by atomic mass is 10.0. The van der Waals surface area contributed by atoms with Crippen LogP contribution in [0.15, 0.2) is 57.3 Å². The SMILES string of the molecule is O=C(CNC(CCO)c1ccccc1)Nc1cccc2c1N=S=N2. The molecule has 0 aliphatic carbocycles. The Morgan fingerprint density at radius 3 is 2.75 bits per heavy atom. The van der Waals surface area contributed by atoms with Crippen molar-refractivity contribution < 1.29 is 9.90 Å². The van der Waals surface area contributed by atoms with Crippen LogP contribution in [-0.4, -0.2) is 24.2 Å². The summed E-state index contributed by atoms with van der Waals surface area (Å²) in [6, 6.07) is 15.2. The average Bonchev–Trinajstić information content (AvgIpc) is 3.09. The number of aliphatic hydroxyl groups excluding tert-OH is 1. The number of aliphatic hydroxyl groups is 1. The van der Waals surface area contributed by atoms with Crippen molar-refractivity contribution in [3.63, 3.8) is 0 Å². The third kappa shape index (κ3) is 3.94. The Morgan fingerprint density at radius 1 is 1.12 bits per heavy atom. The molecule has 0 saturated heterocycles. The molecule has 124 valence electrons. The van der Waals surface area contributed by atoms with Gasteiger partial charge in [-0.3, -0.25) is 4.79 Å². The Balaban J connectivity index is 1.61. The van der Waals surface area contributed by atoms with Crippen molar-refractivity contribution in [2.45, 2.75) is 12.5 Å². The molecule has 0 aromatic heterocycles. The summed E-state index contributed by atoms with van der Waals surface area (Å²) in [6.07, 6.45) is 0.545. The fraction of sp³-hybridized carbons (Fsp3) is 0.235. The zero-order chi connectivity index (χ0) is 16.8. The third-order valence-electron chi connectivity index (χ3n) is 3.69. The van der Waals surface area contributed by atoms with Gasteiger partial charge >= 0.3 is 0 Å². The lowest BCUT2D eigenvalue weighted by Gasteiger charge is -2.18. The van der Waals surface area contributed by atoms with E-state index in [1.54, 1.807) is 0 Å². The van der Waals surface area contributed by atoms with Crippen molar-refractivity contribution in [2.75, 3.05) is 18.5 Å². The van der Waals surface area contributed by atoms with E-state index in [2.05, 4.69) is 19.4 Å². The van der Waals surface area contributed by atoms with Gasteiger partial charge in [-0.2, -0.15) is 8.73 Å². The molecule has 0 saturated carbocycles. The molecule has 7 heteroatoms. The number of fused-ring (bicyclic) bond motifs is 1. The van der Waals surface area contributed by atoms with Gasteiger partial charge in [-0.05, 0) is 24.1 Å². The highest BCUT2D eigenvalue weighted by molar-refractivity contribution is 7.58. The maximum atomic E-state index is 12.2. The highest BCUT2D eigenvalue weighted by Gasteiger charge is 2.15. The van der Waals surface area contributed by atoms with E-state index in [0.717, 1.165) is 22.6 Å². The van der Waals surface area contributed by atoms with Gasteiger partial charge in [0.2, 0.25) is 5.91 Å². The largest absolute Gasteiger partial charge is 0.396 e. The van der Waals surface area contributed by atoms with Crippen LogP contribution in [0.1, 0.15) is 18.0 Å². The molecule has 1 amide bonds. The van der Waals surface area contributed by atoms with E-state index in [9.17, 15) is 9.90 Å². The second kappa shape index (κ2) is 7.96. The zero-order valence-electron chi connectivity index (χ0n) is 13.0. The minimum atomic E-state index is -0.158. The van der Waals surface area contributed by atoms with Crippen molar-refractivity contribution in [2.24, 2.45) is 8.73 Å². The number of rotatable bonds is 7. The maximum absolute atomic E-state index is 12.2. The Hall–Kier alpha value is -2.35. The Kier molecular flexibility index (Phi) is 5.47. The highest BCUT2D eigenvalue weighted by atomic mass is 32.1. The summed E-state index contributed by atoms with van der Waals surface area (Å²) < 4.78 is 8.37. The first-order chi connectivity index (χ1) is 11.8. The first-order valence-electron chi connectivity index (χ1n) is 7.68. The van der Waals surface area contributed by atoms with Gasteiger partial charge in [0.25, 0.3) is 0 Å². The van der Waals surface area contributed by atoms with Crippen molar-refractivity contribution in [3.05, 3.63) is 54.1 Å². The van der Waals surface area contributed by atoms with Crippen LogP contribution in [0.25, 0.3) is 0 Å². The van der Waals surface area contributed by atoms with Crippen LogP contribution in [0.5, 0.6) is 0 Å². The summed E-state index contributed by atoms with van der Waals surface area (Å²) in [5.41, 5.74) is 3.18. The number of carbonyl (C=O) groups is 1. The summed E-state index contributed by atoms with van der Waals surface area (Å²) in [4.78, 5) is 12.2. The first kappa shape index (κ1) is 16.5. The number of hydrogen-bond acceptors (Lipinski definition) is 5. The number of anilines is 1. The summed E-state index contributed by atoms with van der Waals surface area (Å²) in [6.45, 7) is 0.200. The van der Waals surface area contributed by atoms with Crippen LogP contribution in [0.4, 0.5) is 17.1 Å². The van der Waals surface area contributed by atoms with Crippen LogP contribution in [0, 0.1) is 0 Å². The molecule has 2 aromatic rings. The minimum Gasteiger partial charge on any atom is -0.396 e. The minimum absolute atomic E-state index is 0.0536. The van der Waals surface area contributed by atoms with Crippen molar-refractivity contribution in [1.82, 2.24) is 5.32 Å². The molecule has 0 spiro atoms. The van der Waals surface area contributed by atoms with E-state index >= 15 is 0 Å². The van der Waals surface area contributed by atoms with Gasteiger partial charge in [0.1, 0.15) is 11.4 Å². The first-order valence-corrected chi connectivity index (χ1v) is 8.41. The van der Waals surface area contributed by atoms with Gasteiger partial charge < -0.3 is 15.7 Å². The second-order valence-corrected chi connectivity index (χ2v) is 5.87. The Bertz CT molecular complexity index is 788. The molecule has 6 nitrogen and oxygen atoms in total. The van der Waals surface area contributed by atoms with Crippen LogP contribution in [-0.2, 0) is 16.1 Å². The van der Waals surface area contributed by atoms with E-state index in [0.29, 0.717) is 17.8 Å². The lowest BCUT2D eigenvalue weighted by Crippen LogP contribution is -2.31. The third-order valence-corrected chi connectivity index (χ3v) is 4.23. The summed E-state index contributed by atoms with van der Waals surface area (Å²) in [5, 5.41) is 15.3. The van der Waals surface area contributed by atoms with E-state index in [1.807, 2.05) is 48.5 Å². The smallest absolute Gasteiger partial charge is 0.238 e. The molecule has 3 N–H and O–H groups in total. The standard InChI is InChI=1S/C17H18N4O2S/c22-10-9-13(12-5-2-1-3-6-12)18-11-16(23)19-14-7-4-8-15-17(14)21-24-20-15/h1-8,13,18,22H,9-11H2,(H,19,23). The van der Waals surface area contributed by atoms with Gasteiger partial charge in [-0.1, -0.05) is 36.4 Å². The normalized spacial score (nSPS) is 13.2. The zero-order valence-corrected chi connectivity index (χ0v) is 13.8. The molecule has 1 aliphatic heterocycles. The van der Waals surface area contributed by atoms with Crippen molar-refractivity contribution in [3.8, 4) is 0 Å². The Labute approximate surface area is 143 Å². The molecule has 24 heavy (non-hydrogen) atoms. The van der Waals surface area contributed by atoms with Crippen LogP contribution >= 0.6 is 0 Å². The fourth-order valence-corrected chi connectivity index (χ4v) is 3.07. The summed E-state index contributed by atoms with van der Waals surface area (Å²) in [7, 11) is 0. The van der Waals surface area contributed by atoms with Crippen LogP contribution in [0.3, 0.4) is 0 Å². The van der Waals surface area contributed by atoms with Gasteiger partial charge in [0.05, 0.1) is 23.6 Å². The average molecular weight is 342 g/mol. The summed E-state index contributed by atoms with van der Waals surface area (Å²) >= 11 is 1.12. The predicted molar refractivity (Wildman–Crippen MR) is 95.5 cm³/mol. The molecule has 2 aromatic carbocycles. The second-order valence-electron chi connectivity index (χ2n) is 5.34. The lowest BCUT2D eigenvalue weighted by molar-refractivity contribution is -0.115. The van der Waals surface area contributed by atoms with E-state index < -0.39 is 0 Å². The van der Waals surface area contributed by atoms with E-state index in [4.69, 9.17) is 0 Å². The molecule has 0 bridgehead atoms. The summed E-state index contributed by atoms with van der Waals surface area (Å²) in [5.74, 6) is -0.158. The molecule has 1 aliphatic rings. The molecule has 1 heterocycles. The van der Waals surface area contributed by atoms with Gasteiger partial charge in [0, 0.05) is 12.6 Å². The van der Waals surface area contributed by atoms with Crippen molar-refractivity contribution >= 4 is 34.3 Å². The van der Waals surface area contributed by atoms with Crippen LogP contribution < -0.4 is 10.6 Å². The molecule has 0 fully saturated rings. The highest BCUT2D eigenvalue weighted by Crippen LogP contribution is 2.38. The molecule has 1 atom stereocenters. The predicted octanol–water partition coefficient (Wildman–Crippen LogP) is 3.06. The molecule has 0 radical (unpaired) electrons. The number of nitrogens with zero attached hydrogens (tertiary/aromatic N) is 2. The number of carbonyl (C=O) groups excluding carboxylic acids is 1. The maximum Gasteiger partial charge on any atom is 0.238 e. The van der Waals surface area contributed by atoms with Gasteiger partial charge in [0.15, 0.2) is 0 Å². The van der Waals surface area contributed by atoms with E-state index in [-0.39, 0.29) is 25.1 Å². The Morgan fingerprint density at radius 2 is 1.96 bits per heavy atom. The fourth-order valence-electron chi connectivity index (χ4n) is 2.52. The molecular weight excluding hydrogens is 324 g/mol. The number of amides is 1. The number of hydrogen-bond donors (Lipinski definition) is 3. The van der Waals surface area contributed by atoms with Crippen LogP contribution in [0.2, 0.25) is 0 Å². The quantitative estimate of drug-likeness (QED) is 0.617. The number of nitrogens with one attached hydrogen (secondary N) is 2. The van der Waals surface area contributed by atoms with Crippen molar-refractivity contribution in [1.29, 1.82) is 0 Å². The molecule has 3 rings (SSSR count). The molecule has 1 unspecified atom stereocenters. The van der Waals surface area contributed by atoms with E-state index in [1.165, 1.54) is 0 Å². The number of benzene rings is 2. The van der Waals surface area contributed by atoms with Gasteiger partial charge in [-0.25, -0.2) is 0 Å². The van der Waals surface area contributed by atoms with Gasteiger partial charge in [-0.15, -0.1) is 0 Å². The molecular formula is C17H18N4O2S. The topological polar surface area (TPSA) is 86.1 Å². The monoisotopic (exact) mass is 342 g/mol.